The summed E-state index contributed by atoms with van der Waals surface area (Å²) in [5.41, 5.74) is 0. The van der Waals surface area contributed by atoms with Gasteiger partial charge in [-0.25, -0.2) is 0 Å². The normalized spacial score (nSPS) is 10.9. The molecular formula is C9H21OP. The summed E-state index contributed by atoms with van der Waals surface area (Å²) >= 11 is 0. The molecule has 0 N–H and O–H groups in total. The van der Waals surface area contributed by atoms with E-state index in [9.17, 15) is 0 Å². The van der Waals surface area contributed by atoms with Gasteiger partial charge in [-0.15, -0.1) is 0 Å². The van der Waals surface area contributed by atoms with Gasteiger partial charge in [-0.1, -0.05) is 39.5 Å². The molecule has 68 valence electrons. The minimum atomic E-state index is 0.486. The van der Waals surface area contributed by atoms with Crippen LogP contribution in [0.15, 0.2) is 0 Å². The summed E-state index contributed by atoms with van der Waals surface area (Å²) < 4.78 is 5.27. The maximum Gasteiger partial charge on any atom is 0.0610 e. The molecule has 0 aromatic carbocycles. The van der Waals surface area contributed by atoms with Crippen LogP contribution in [0.5, 0.6) is 0 Å². The third-order valence-electron chi connectivity index (χ3n) is 1.95. The first-order valence-electron chi connectivity index (χ1n) is 4.70. The van der Waals surface area contributed by atoms with Gasteiger partial charge in [0.1, 0.15) is 0 Å². The number of hydrogen-bond donors (Lipinski definition) is 0. The fourth-order valence-electron chi connectivity index (χ4n) is 1.14. The highest BCUT2D eigenvalue weighted by Gasteiger charge is 2.04. The van der Waals surface area contributed by atoms with Crippen molar-refractivity contribution in [1.82, 2.24) is 0 Å². The van der Waals surface area contributed by atoms with E-state index < -0.39 is 0 Å². The van der Waals surface area contributed by atoms with E-state index in [1.54, 1.807) is 0 Å². The van der Waals surface area contributed by atoms with Gasteiger partial charge in [0, 0.05) is 9.47 Å². The quantitative estimate of drug-likeness (QED) is 0.539. The van der Waals surface area contributed by atoms with Gasteiger partial charge in [-0.3, -0.25) is 0 Å². The third kappa shape index (κ3) is 6.77. The highest BCUT2D eigenvalue weighted by atomic mass is 31.0. The van der Waals surface area contributed by atoms with Gasteiger partial charge < -0.3 is 4.52 Å². The molecule has 1 atom stereocenters. The molecule has 0 spiro atoms. The molecule has 1 unspecified atom stereocenters. The predicted octanol–water partition coefficient (Wildman–Crippen LogP) is 3.54. The van der Waals surface area contributed by atoms with E-state index in [0.29, 0.717) is 6.10 Å². The van der Waals surface area contributed by atoms with Crippen LogP contribution in [0.25, 0.3) is 0 Å². The number of rotatable bonds is 7. The van der Waals surface area contributed by atoms with Crippen molar-refractivity contribution in [3.63, 3.8) is 0 Å². The highest BCUT2D eigenvalue weighted by Crippen LogP contribution is 2.14. The van der Waals surface area contributed by atoms with Crippen LogP contribution < -0.4 is 0 Å². The average Bonchev–Trinajstić information content (AvgIpc) is 2.05. The second-order valence-corrected chi connectivity index (χ2v) is 3.31. The first-order chi connectivity index (χ1) is 5.35. The molecule has 0 amide bonds. The molecule has 0 aliphatic carbocycles. The summed E-state index contributed by atoms with van der Waals surface area (Å²) in [6.07, 6.45) is 8.07. The molecule has 0 heterocycles. The van der Waals surface area contributed by atoms with Crippen molar-refractivity contribution in [3.8, 4) is 0 Å². The predicted molar refractivity (Wildman–Crippen MR) is 53.6 cm³/mol. The van der Waals surface area contributed by atoms with E-state index in [1.807, 2.05) is 0 Å². The molecule has 0 bridgehead atoms. The van der Waals surface area contributed by atoms with Crippen LogP contribution in [-0.4, -0.2) is 6.10 Å². The second-order valence-electron chi connectivity index (χ2n) is 3.04. The van der Waals surface area contributed by atoms with E-state index in [2.05, 4.69) is 23.3 Å². The Morgan fingerprint density at radius 3 is 1.82 bits per heavy atom. The number of hydrogen-bond acceptors (Lipinski definition) is 1. The fourth-order valence-corrected chi connectivity index (χ4v) is 1.42. The standard InChI is InChI=1S/C9H21OP/c1-3-5-7-9(10-11)8-6-4-2/h9H,3-8,11H2,1-2H3. The zero-order valence-corrected chi connectivity index (χ0v) is 8.96. The van der Waals surface area contributed by atoms with Crippen LogP contribution in [0.2, 0.25) is 0 Å². The van der Waals surface area contributed by atoms with Crippen LogP contribution in [0.1, 0.15) is 52.4 Å². The van der Waals surface area contributed by atoms with Crippen molar-refractivity contribution in [3.05, 3.63) is 0 Å². The minimum Gasteiger partial charge on any atom is -0.362 e. The average molecular weight is 176 g/mol. The van der Waals surface area contributed by atoms with Crippen LogP contribution in [0.3, 0.4) is 0 Å². The summed E-state index contributed by atoms with van der Waals surface area (Å²) in [6, 6.07) is 0. The lowest BCUT2D eigenvalue weighted by Crippen LogP contribution is -2.06. The smallest absolute Gasteiger partial charge is 0.0610 e. The molecule has 0 aliphatic heterocycles. The van der Waals surface area contributed by atoms with Gasteiger partial charge in [-0.2, -0.15) is 0 Å². The van der Waals surface area contributed by atoms with Crippen molar-refractivity contribution in [2.45, 2.75) is 58.5 Å². The fraction of sp³-hybridized carbons (Fsp3) is 1.00. The van der Waals surface area contributed by atoms with Crippen LogP contribution in [0, 0.1) is 0 Å². The maximum absolute atomic E-state index is 5.27. The van der Waals surface area contributed by atoms with Gasteiger partial charge >= 0.3 is 0 Å². The first kappa shape index (κ1) is 11.4. The van der Waals surface area contributed by atoms with E-state index >= 15 is 0 Å². The highest BCUT2D eigenvalue weighted by molar-refractivity contribution is 7.09. The van der Waals surface area contributed by atoms with Crippen LogP contribution in [0.4, 0.5) is 0 Å². The molecule has 11 heavy (non-hydrogen) atoms. The Bertz CT molecular complexity index is 68.0. The van der Waals surface area contributed by atoms with Gasteiger partial charge in [0.15, 0.2) is 0 Å². The Balaban J connectivity index is 3.25. The molecule has 0 aliphatic rings. The lowest BCUT2D eigenvalue weighted by molar-refractivity contribution is 0.206. The summed E-state index contributed by atoms with van der Waals surface area (Å²) in [4.78, 5) is 0. The molecule has 0 radical (unpaired) electrons. The lowest BCUT2D eigenvalue weighted by atomic mass is 10.1. The summed E-state index contributed by atoms with van der Waals surface area (Å²) in [5, 5.41) is 0. The molecule has 0 aromatic rings. The van der Waals surface area contributed by atoms with Gasteiger partial charge in [0.05, 0.1) is 6.10 Å². The lowest BCUT2D eigenvalue weighted by Gasteiger charge is -2.13. The molecule has 0 aromatic heterocycles. The largest absolute Gasteiger partial charge is 0.362 e. The van der Waals surface area contributed by atoms with Crippen LogP contribution in [-0.2, 0) is 4.52 Å². The van der Waals surface area contributed by atoms with Crippen molar-refractivity contribution >= 4 is 9.47 Å². The zero-order valence-electron chi connectivity index (χ0n) is 7.81. The minimum absolute atomic E-state index is 0.486. The summed E-state index contributed by atoms with van der Waals surface area (Å²) in [7, 11) is 2.38. The molecule has 2 heteroatoms. The summed E-state index contributed by atoms with van der Waals surface area (Å²) in [6.45, 7) is 4.44. The molecule has 0 saturated carbocycles. The van der Waals surface area contributed by atoms with Crippen molar-refractivity contribution in [2.24, 2.45) is 0 Å². The maximum atomic E-state index is 5.27. The Morgan fingerprint density at radius 2 is 1.55 bits per heavy atom. The van der Waals surface area contributed by atoms with E-state index in [-0.39, 0.29) is 0 Å². The van der Waals surface area contributed by atoms with E-state index in [0.717, 1.165) is 0 Å². The SMILES string of the molecule is CCCCC(CCCC)OP. The van der Waals surface area contributed by atoms with Crippen LogP contribution >= 0.6 is 9.47 Å². The Morgan fingerprint density at radius 1 is 1.09 bits per heavy atom. The molecular weight excluding hydrogens is 155 g/mol. The zero-order chi connectivity index (χ0) is 8.53. The molecule has 0 saturated heterocycles. The Hall–Kier alpha value is 0.390. The molecule has 0 fully saturated rings. The van der Waals surface area contributed by atoms with Crippen molar-refractivity contribution in [2.75, 3.05) is 0 Å². The van der Waals surface area contributed by atoms with Crippen molar-refractivity contribution in [1.29, 1.82) is 0 Å². The van der Waals surface area contributed by atoms with Crippen molar-refractivity contribution < 1.29 is 4.52 Å². The second kappa shape index (κ2) is 8.49. The monoisotopic (exact) mass is 176 g/mol. The van der Waals surface area contributed by atoms with Gasteiger partial charge in [-0.05, 0) is 12.8 Å². The topological polar surface area (TPSA) is 9.23 Å². The number of unbranched alkanes of at least 4 members (excludes halogenated alkanes) is 2. The van der Waals surface area contributed by atoms with Gasteiger partial charge in [0.25, 0.3) is 0 Å². The summed E-state index contributed by atoms with van der Waals surface area (Å²) in [5.74, 6) is 0. The Kier molecular flexibility index (Phi) is 8.79. The van der Waals surface area contributed by atoms with E-state index in [1.165, 1.54) is 38.5 Å². The van der Waals surface area contributed by atoms with E-state index in [4.69, 9.17) is 4.52 Å². The molecule has 0 rings (SSSR count). The third-order valence-corrected chi connectivity index (χ3v) is 2.34. The van der Waals surface area contributed by atoms with Gasteiger partial charge in [0.2, 0.25) is 0 Å². The first-order valence-corrected chi connectivity index (χ1v) is 5.17. The Labute approximate surface area is 73.2 Å². The molecule has 1 nitrogen and oxygen atoms in total.